The molecule has 0 atom stereocenters. The van der Waals surface area contributed by atoms with Gasteiger partial charge in [-0.3, -0.25) is 0 Å². The van der Waals surface area contributed by atoms with E-state index in [1.165, 1.54) is 12.8 Å². The van der Waals surface area contributed by atoms with Gasteiger partial charge in [-0.25, -0.2) is 9.78 Å². The van der Waals surface area contributed by atoms with Gasteiger partial charge < -0.3 is 15.0 Å². The maximum atomic E-state index is 12.1. The van der Waals surface area contributed by atoms with Crippen molar-refractivity contribution in [3.05, 3.63) is 59.8 Å². The summed E-state index contributed by atoms with van der Waals surface area (Å²) >= 11 is 0. The van der Waals surface area contributed by atoms with Crippen molar-refractivity contribution >= 4 is 6.03 Å². The highest BCUT2D eigenvalue weighted by molar-refractivity contribution is 5.73. The molecule has 1 heterocycles. The Morgan fingerprint density at radius 2 is 2.00 bits per heavy atom. The number of hydrogen-bond donors (Lipinski definition) is 1. The Morgan fingerprint density at radius 1 is 1.21 bits per heavy atom. The van der Waals surface area contributed by atoms with Gasteiger partial charge in [-0.2, -0.15) is 0 Å². The maximum absolute atomic E-state index is 12.1. The molecule has 126 valence electrons. The van der Waals surface area contributed by atoms with Gasteiger partial charge in [0.25, 0.3) is 0 Å². The Morgan fingerprint density at radius 3 is 2.67 bits per heavy atom. The molecule has 5 nitrogen and oxygen atoms in total. The Kier molecular flexibility index (Phi) is 5.31. The zero-order valence-electron chi connectivity index (χ0n) is 13.9. The van der Waals surface area contributed by atoms with Crippen LogP contribution < -0.4 is 10.1 Å². The fraction of sp³-hybridized carbons (Fsp3) is 0.368. The van der Waals surface area contributed by atoms with Gasteiger partial charge in [-0.05, 0) is 29.9 Å². The van der Waals surface area contributed by atoms with E-state index in [1.807, 2.05) is 42.5 Å². The van der Waals surface area contributed by atoms with Crippen LogP contribution in [0.15, 0.2) is 48.7 Å². The van der Waals surface area contributed by atoms with E-state index < -0.39 is 0 Å². The van der Waals surface area contributed by atoms with Gasteiger partial charge in [0.2, 0.25) is 5.88 Å². The number of nitrogens with zero attached hydrogens (tertiary/aromatic N) is 2. The second-order valence-corrected chi connectivity index (χ2v) is 6.26. The van der Waals surface area contributed by atoms with Crippen LogP contribution in [-0.2, 0) is 13.1 Å². The van der Waals surface area contributed by atoms with Gasteiger partial charge in [-0.1, -0.05) is 36.4 Å². The first kappa shape index (κ1) is 16.3. The average Bonchev–Trinajstić information content (AvgIpc) is 3.44. The summed E-state index contributed by atoms with van der Waals surface area (Å²) in [5.74, 6) is 1.36. The number of ether oxygens (including phenoxy) is 1. The Labute approximate surface area is 142 Å². The third-order valence-corrected chi connectivity index (χ3v) is 4.01. The van der Waals surface area contributed by atoms with Gasteiger partial charge in [0.05, 0.1) is 6.61 Å². The van der Waals surface area contributed by atoms with E-state index in [2.05, 4.69) is 10.3 Å². The highest BCUT2D eigenvalue weighted by atomic mass is 16.5. The molecular formula is C19H23N3O2. The van der Waals surface area contributed by atoms with Crippen LogP contribution in [0.4, 0.5) is 4.79 Å². The molecular weight excluding hydrogens is 302 g/mol. The van der Waals surface area contributed by atoms with Gasteiger partial charge in [0, 0.05) is 32.4 Å². The number of hydrogen-bond acceptors (Lipinski definition) is 3. The van der Waals surface area contributed by atoms with Crippen LogP contribution in [0.25, 0.3) is 0 Å². The number of urea groups is 1. The number of carbonyl (C=O) groups is 1. The molecule has 1 N–H and O–H groups in total. The molecule has 1 saturated carbocycles. The quantitative estimate of drug-likeness (QED) is 0.850. The molecule has 1 aliphatic rings. The minimum Gasteiger partial charge on any atom is -0.477 e. The van der Waals surface area contributed by atoms with Crippen molar-refractivity contribution in [3.63, 3.8) is 0 Å². The molecule has 1 aromatic carbocycles. The predicted molar refractivity (Wildman–Crippen MR) is 92.6 cm³/mol. The van der Waals surface area contributed by atoms with E-state index in [-0.39, 0.29) is 6.03 Å². The maximum Gasteiger partial charge on any atom is 0.317 e. The number of nitrogens with one attached hydrogen (secondary N) is 1. The fourth-order valence-corrected chi connectivity index (χ4v) is 2.33. The lowest BCUT2D eigenvalue weighted by Crippen LogP contribution is -2.36. The summed E-state index contributed by atoms with van der Waals surface area (Å²) in [5.41, 5.74) is 2.06. The molecule has 0 aliphatic heterocycles. The van der Waals surface area contributed by atoms with Gasteiger partial charge in [-0.15, -0.1) is 0 Å². The molecule has 2 aromatic rings. The minimum absolute atomic E-state index is 0.104. The zero-order valence-corrected chi connectivity index (χ0v) is 13.9. The summed E-state index contributed by atoms with van der Waals surface area (Å²) in [6, 6.07) is 13.6. The second kappa shape index (κ2) is 7.81. The second-order valence-electron chi connectivity index (χ2n) is 6.26. The Balaban J connectivity index is 1.43. The van der Waals surface area contributed by atoms with Crippen molar-refractivity contribution in [3.8, 4) is 5.88 Å². The SMILES string of the molecule is CN(Cc1ccccc1)C(=O)NCc1ccc(OCC2CC2)nc1. The molecule has 0 radical (unpaired) electrons. The molecule has 5 heteroatoms. The summed E-state index contributed by atoms with van der Waals surface area (Å²) in [5, 5.41) is 2.90. The number of benzene rings is 1. The predicted octanol–water partition coefficient (Wildman–Crippen LogP) is 3.21. The first-order valence-electron chi connectivity index (χ1n) is 8.31. The molecule has 0 unspecified atom stereocenters. The van der Waals surface area contributed by atoms with Crippen LogP contribution in [0.3, 0.4) is 0 Å². The van der Waals surface area contributed by atoms with Gasteiger partial charge in [0.1, 0.15) is 0 Å². The normalized spacial score (nSPS) is 13.4. The van der Waals surface area contributed by atoms with Crippen LogP contribution in [0, 0.1) is 5.92 Å². The smallest absolute Gasteiger partial charge is 0.317 e. The number of rotatable bonds is 7. The highest BCUT2D eigenvalue weighted by Gasteiger charge is 2.22. The van der Waals surface area contributed by atoms with Crippen LogP contribution in [-0.4, -0.2) is 29.6 Å². The van der Waals surface area contributed by atoms with E-state index in [9.17, 15) is 4.79 Å². The van der Waals surface area contributed by atoms with E-state index in [4.69, 9.17) is 4.74 Å². The summed E-state index contributed by atoms with van der Waals surface area (Å²) in [6.07, 6.45) is 4.28. The van der Waals surface area contributed by atoms with Gasteiger partial charge in [0.15, 0.2) is 0 Å². The van der Waals surface area contributed by atoms with Crippen molar-refractivity contribution in [1.29, 1.82) is 0 Å². The molecule has 1 fully saturated rings. The van der Waals surface area contributed by atoms with Gasteiger partial charge >= 0.3 is 6.03 Å². The highest BCUT2D eigenvalue weighted by Crippen LogP contribution is 2.29. The Hall–Kier alpha value is -2.56. The third kappa shape index (κ3) is 4.98. The number of carbonyl (C=O) groups excluding carboxylic acids is 1. The monoisotopic (exact) mass is 325 g/mol. The van der Waals surface area contributed by atoms with E-state index in [0.717, 1.165) is 17.7 Å². The zero-order chi connectivity index (χ0) is 16.8. The molecule has 1 aromatic heterocycles. The molecule has 24 heavy (non-hydrogen) atoms. The standard InChI is InChI=1S/C19H23N3O2/c1-22(13-15-5-3-2-4-6-15)19(23)21-12-17-9-10-18(20-11-17)24-14-16-7-8-16/h2-6,9-11,16H,7-8,12-14H2,1H3,(H,21,23). The number of pyridine rings is 1. The summed E-state index contributed by atoms with van der Waals surface area (Å²) in [6.45, 7) is 1.79. The van der Waals surface area contributed by atoms with Crippen molar-refractivity contribution in [2.24, 2.45) is 5.92 Å². The largest absolute Gasteiger partial charge is 0.477 e. The molecule has 1 aliphatic carbocycles. The molecule has 0 bridgehead atoms. The molecule has 2 amide bonds. The summed E-state index contributed by atoms with van der Waals surface area (Å²) in [4.78, 5) is 18.1. The minimum atomic E-state index is -0.104. The van der Waals surface area contributed by atoms with Crippen LogP contribution in [0.1, 0.15) is 24.0 Å². The topological polar surface area (TPSA) is 54.5 Å². The number of amides is 2. The van der Waals surface area contributed by atoms with Crippen LogP contribution in [0.5, 0.6) is 5.88 Å². The van der Waals surface area contributed by atoms with Crippen LogP contribution in [0.2, 0.25) is 0 Å². The number of aromatic nitrogens is 1. The van der Waals surface area contributed by atoms with Crippen molar-refractivity contribution in [2.75, 3.05) is 13.7 Å². The summed E-state index contributed by atoms with van der Waals surface area (Å²) < 4.78 is 5.61. The lowest BCUT2D eigenvalue weighted by molar-refractivity contribution is 0.206. The van der Waals surface area contributed by atoms with E-state index in [0.29, 0.717) is 24.9 Å². The lowest BCUT2D eigenvalue weighted by Gasteiger charge is -2.18. The summed E-state index contributed by atoms with van der Waals surface area (Å²) in [7, 11) is 1.79. The fourth-order valence-electron chi connectivity index (χ4n) is 2.33. The van der Waals surface area contributed by atoms with Crippen molar-refractivity contribution < 1.29 is 9.53 Å². The third-order valence-electron chi connectivity index (χ3n) is 4.01. The van der Waals surface area contributed by atoms with E-state index in [1.54, 1.807) is 18.1 Å². The average molecular weight is 325 g/mol. The molecule has 3 rings (SSSR count). The Bertz CT molecular complexity index is 654. The van der Waals surface area contributed by atoms with Crippen molar-refractivity contribution in [2.45, 2.75) is 25.9 Å². The van der Waals surface area contributed by atoms with Crippen molar-refractivity contribution in [1.82, 2.24) is 15.2 Å². The molecule has 0 saturated heterocycles. The molecule has 0 spiro atoms. The van der Waals surface area contributed by atoms with E-state index >= 15 is 0 Å². The lowest BCUT2D eigenvalue weighted by atomic mass is 10.2. The van der Waals surface area contributed by atoms with Crippen LogP contribution >= 0.6 is 0 Å². The first-order valence-corrected chi connectivity index (χ1v) is 8.31. The first-order chi connectivity index (χ1) is 11.7.